The lowest BCUT2D eigenvalue weighted by Gasteiger charge is -2.30. The molecule has 88 valence electrons. The number of amides is 1. The van der Waals surface area contributed by atoms with Gasteiger partial charge in [0.15, 0.2) is 0 Å². The Morgan fingerprint density at radius 3 is 3.06 bits per heavy atom. The average Bonchev–Trinajstić information content (AvgIpc) is 2.27. The van der Waals surface area contributed by atoms with Crippen LogP contribution in [0.25, 0.3) is 0 Å². The van der Waals surface area contributed by atoms with Crippen LogP contribution in [0.15, 0.2) is 36.6 Å². The van der Waals surface area contributed by atoms with Gasteiger partial charge in [-0.05, 0) is 32.8 Å². The number of carbonyl (C=O) groups excluding carboxylic acids is 1. The van der Waals surface area contributed by atoms with Gasteiger partial charge in [0.2, 0.25) is 0 Å². The van der Waals surface area contributed by atoms with Crippen molar-refractivity contribution in [1.82, 2.24) is 4.90 Å². The van der Waals surface area contributed by atoms with Crippen molar-refractivity contribution in [2.24, 2.45) is 0 Å². The number of carbonyl (C=O) groups is 1. The summed E-state index contributed by atoms with van der Waals surface area (Å²) < 4.78 is 5.02. The molecule has 0 bridgehead atoms. The zero-order valence-electron chi connectivity index (χ0n) is 9.98. The molecule has 16 heavy (non-hydrogen) atoms. The highest BCUT2D eigenvalue weighted by Gasteiger charge is 2.25. The number of hydrogen-bond donors (Lipinski definition) is 0. The average molecular weight is 221 g/mol. The fourth-order valence-electron chi connectivity index (χ4n) is 1.75. The van der Waals surface area contributed by atoms with Crippen LogP contribution in [0.1, 0.15) is 26.7 Å². The third-order valence-corrected chi connectivity index (χ3v) is 2.59. The van der Waals surface area contributed by atoms with Gasteiger partial charge in [0.25, 0.3) is 0 Å². The lowest BCUT2D eigenvalue weighted by molar-refractivity contribution is 0.112. The summed E-state index contributed by atoms with van der Waals surface area (Å²) in [7, 11) is 0. The molecule has 1 aliphatic rings. The predicted octanol–water partition coefficient (Wildman–Crippen LogP) is 3.25. The van der Waals surface area contributed by atoms with Crippen molar-refractivity contribution in [1.29, 1.82) is 0 Å². The summed E-state index contributed by atoms with van der Waals surface area (Å²) in [6, 6.07) is 0.0991. The van der Waals surface area contributed by atoms with Gasteiger partial charge in [-0.15, -0.1) is 6.58 Å². The zero-order chi connectivity index (χ0) is 12.0. The summed E-state index contributed by atoms with van der Waals surface area (Å²) in [4.78, 5) is 13.4. The van der Waals surface area contributed by atoms with E-state index in [4.69, 9.17) is 4.74 Å². The maximum Gasteiger partial charge on any atom is 0.414 e. The maximum atomic E-state index is 11.7. The summed E-state index contributed by atoms with van der Waals surface area (Å²) in [6.45, 7) is 7.95. The summed E-state index contributed by atoms with van der Waals surface area (Å²) in [5.41, 5.74) is 1.18. The molecule has 0 aliphatic carbocycles. The van der Waals surface area contributed by atoms with E-state index >= 15 is 0 Å². The monoisotopic (exact) mass is 221 g/mol. The zero-order valence-corrected chi connectivity index (χ0v) is 9.98. The van der Waals surface area contributed by atoms with Gasteiger partial charge in [0, 0.05) is 6.20 Å². The van der Waals surface area contributed by atoms with Gasteiger partial charge in [-0.2, -0.15) is 0 Å². The van der Waals surface area contributed by atoms with Gasteiger partial charge < -0.3 is 4.74 Å². The van der Waals surface area contributed by atoms with E-state index in [-0.39, 0.29) is 12.1 Å². The fourth-order valence-corrected chi connectivity index (χ4v) is 1.75. The van der Waals surface area contributed by atoms with Crippen LogP contribution in [0.4, 0.5) is 4.79 Å². The minimum absolute atomic E-state index is 0.0991. The van der Waals surface area contributed by atoms with Gasteiger partial charge >= 0.3 is 6.09 Å². The molecule has 0 fully saturated rings. The second-order valence-electron chi connectivity index (χ2n) is 3.74. The molecule has 0 aromatic rings. The van der Waals surface area contributed by atoms with E-state index in [9.17, 15) is 4.79 Å². The van der Waals surface area contributed by atoms with Crippen molar-refractivity contribution in [2.45, 2.75) is 32.7 Å². The molecule has 0 aromatic carbocycles. The fraction of sp³-hybridized carbons (Fsp3) is 0.462. The van der Waals surface area contributed by atoms with Gasteiger partial charge in [-0.3, -0.25) is 4.90 Å². The van der Waals surface area contributed by atoms with Crippen LogP contribution >= 0.6 is 0 Å². The van der Waals surface area contributed by atoms with E-state index in [1.165, 1.54) is 5.57 Å². The van der Waals surface area contributed by atoms with Gasteiger partial charge in [0.05, 0.1) is 12.6 Å². The van der Waals surface area contributed by atoms with Crippen molar-refractivity contribution in [3.8, 4) is 0 Å². The molecular formula is C13H19NO2. The number of rotatable bonds is 4. The molecule has 1 rings (SSSR count). The Kier molecular flexibility index (Phi) is 4.83. The minimum atomic E-state index is -0.278. The molecule has 3 heteroatoms. The van der Waals surface area contributed by atoms with Crippen molar-refractivity contribution < 1.29 is 9.53 Å². The van der Waals surface area contributed by atoms with Gasteiger partial charge in [0.1, 0.15) is 0 Å². The highest BCUT2D eigenvalue weighted by molar-refractivity contribution is 5.70. The lowest BCUT2D eigenvalue weighted by Crippen LogP contribution is -2.38. The Balaban J connectivity index is 2.72. The number of nitrogens with zero attached hydrogens (tertiary/aromatic N) is 1. The third kappa shape index (κ3) is 2.99. The smallest absolute Gasteiger partial charge is 0.414 e. The molecule has 0 aromatic heterocycles. The topological polar surface area (TPSA) is 29.5 Å². The molecule has 1 unspecified atom stereocenters. The van der Waals surface area contributed by atoms with Crippen molar-refractivity contribution in [3.05, 3.63) is 36.6 Å². The minimum Gasteiger partial charge on any atom is -0.449 e. The maximum absolute atomic E-state index is 11.7. The first-order chi connectivity index (χ1) is 7.70. The first kappa shape index (κ1) is 12.6. The number of ether oxygens (including phenoxy) is 1. The molecule has 3 nitrogen and oxygen atoms in total. The van der Waals surface area contributed by atoms with E-state index in [1.54, 1.807) is 11.1 Å². The van der Waals surface area contributed by atoms with Crippen LogP contribution < -0.4 is 0 Å². The first-order valence-corrected chi connectivity index (χ1v) is 5.61. The molecule has 0 N–H and O–H groups in total. The van der Waals surface area contributed by atoms with Crippen molar-refractivity contribution in [3.63, 3.8) is 0 Å². The van der Waals surface area contributed by atoms with E-state index in [2.05, 4.69) is 6.58 Å². The second kappa shape index (κ2) is 6.16. The van der Waals surface area contributed by atoms with E-state index in [0.717, 1.165) is 12.8 Å². The Morgan fingerprint density at radius 2 is 2.44 bits per heavy atom. The molecule has 1 amide bonds. The Hall–Kier alpha value is -1.51. The third-order valence-electron chi connectivity index (χ3n) is 2.59. The van der Waals surface area contributed by atoms with Gasteiger partial charge in [-0.1, -0.05) is 17.7 Å². The highest BCUT2D eigenvalue weighted by atomic mass is 16.6. The normalized spacial score (nSPS) is 19.2. The van der Waals surface area contributed by atoms with Gasteiger partial charge in [-0.25, -0.2) is 4.79 Å². The highest BCUT2D eigenvalue weighted by Crippen LogP contribution is 2.21. The number of allylic oxidation sites excluding steroid dienone is 3. The van der Waals surface area contributed by atoms with Crippen molar-refractivity contribution >= 4 is 6.09 Å². The molecule has 1 aliphatic heterocycles. The van der Waals surface area contributed by atoms with Crippen LogP contribution in [0, 0.1) is 0 Å². The first-order valence-electron chi connectivity index (χ1n) is 5.61. The van der Waals surface area contributed by atoms with E-state index in [1.807, 2.05) is 32.1 Å². The second-order valence-corrected chi connectivity index (χ2v) is 3.74. The van der Waals surface area contributed by atoms with Crippen LogP contribution in [-0.4, -0.2) is 23.6 Å². The summed E-state index contributed by atoms with van der Waals surface area (Å²) >= 11 is 0. The van der Waals surface area contributed by atoms with Crippen LogP contribution in [0.2, 0.25) is 0 Å². The number of hydrogen-bond acceptors (Lipinski definition) is 2. The van der Waals surface area contributed by atoms with E-state index in [0.29, 0.717) is 6.61 Å². The molecule has 0 saturated heterocycles. The largest absolute Gasteiger partial charge is 0.449 e. The summed E-state index contributed by atoms with van der Waals surface area (Å²) in [5.74, 6) is 0. The SMILES string of the molecule is C=CCCC1C(C)=CC=CN1C(=O)OCC. The Bertz CT molecular complexity index is 318. The predicted molar refractivity (Wildman–Crippen MR) is 65.0 cm³/mol. The summed E-state index contributed by atoms with van der Waals surface area (Å²) in [6.07, 6.45) is 9.04. The van der Waals surface area contributed by atoms with Crippen molar-refractivity contribution in [2.75, 3.05) is 6.61 Å². The molecule has 0 saturated carbocycles. The standard InChI is InChI=1S/C13H19NO2/c1-4-6-9-12-11(3)8-7-10-14(12)13(15)16-5-2/h4,7-8,10,12H,1,5-6,9H2,2-3H3. The van der Waals surface area contributed by atoms with Crippen LogP contribution in [0.3, 0.4) is 0 Å². The Morgan fingerprint density at radius 1 is 1.69 bits per heavy atom. The molecule has 1 atom stereocenters. The molecule has 0 radical (unpaired) electrons. The Labute approximate surface area is 97.1 Å². The quantitative estimate of drug-likeness (QED) is 0.682. The van der Waals surface area contributed by atoms with Crippen LogP contribution in [-0.2, 0) is 4.74 Å². The van der Waals surface area contributed by atoms with Crippen LogP contribution in [0.5, 0.6) is 0 Å². The molecule has 1 heterocycles. The molecular weight excluding hydrogens is 202 g/mol. The lowest BCUT2D eigenvalue weighted by atomic mass is 10.00. The summed E-state index contributed by atoms with van der Waals surface area (Å²) in [5, 5.41) is 0. The molecule has 0 spiro atoms. The van der Waals surface area contributed by atoms with E-state index < -0.39 is 0 Å².